The highest BCUT2D eigenvalue weighted by Gasteiger charge is 2.18. The second kappa shape index (κ2) is 6.14. The van der Waals surface area contributed by atoms with Crippen molar-refractivity contribution in [2.75, 3.05) is 26.2 Å². The number of rotatable bonds is 5. The Morgan fingerprint density at radius 2 is 2.39 bits per heavy atom. The molecule has 2 heterocycles. The van der Waals surface area contributed by atoms with Gasteiger partial charge in [-0.15, -0.1) is 11.3 Å². The van der Waals surface area contributed by atoms with E-state index < -0.39 is 10.0 Å². The van der Waals surface area contributed by atoms with Crippen molar-refractivity contribution in [1.82, 2.24) is 9.62 Å². The van der Waals surface area contributed by atoms with Crippen LogP contribution in [0.3, 0.4) is 0 Å². The zero-order valence-corrected chi connectivity index (χ0v) is 12.3. The maximum Gasteiger partial charge on any atom is 0.250 e. The molecular formula is C12H20N2O2S2. The Morgan fingerprint density at radius 3 is 3.06 bits per heavy atom. The average molecular weight is 288 g/mol. The summed E-state index contributed by atoms with van der Waals surface area (Å²) in [5.74, 6) is 0.729. The van der Waals surface area contributed by atoms with Gasteiger partial charge < -0.3 is 4.90 Å². The van der Waals surface area contributed by atoms with E-state index in [1.54, 1.807) is 17.5 Å². The number of likely N-dealkylation sites (tertiary alicyclic amines) is 1. The predicted molar refractivity (Wildman–Crippen MR) is 74.3 cm³/mol. The van der Waals surface area contributed by atoms with Crippen LogP contribution in [0.2, 0.25) is 0 Å². The summed E-state index contributed by atoms with van der Waals surface area (Å²) in [4.78, 5) is 2.34. The summed E-state index contributed by atoms with van der Waals surface area (Å²) in [6, 6.07) is 3.39. The highest BCUT2D eigenvalue weighted by atomic mass is 32.2. The molecule has 0 radical (unpaired) electrons. The SMILES string of the molecule is C[C@H]1CCCN(CCNS(=O)(=O)c2cccs2)C1. The largest absolute Gasteiger partial charge is 0.302 e. The fraction of sp³-hybridized carbons (Fsp3) is 0.667. The van der Waals surface area contributed by atoms with Gasteiger partial charge in [-0.1, -0.05) is 13.0 Å². The van der Waals surface area contributed by atoms with E-state index in [2.05, 4.69) is 16.5 Å². The van der Waals surface area contributed by atoms with Crippen LogP contribution < -0.4 is 4.72 Å². The van der Waals surface area contributed by atoms with Crippen LogP contribution in [0.4, 0.5) is 0 Å². The summed E-state index contributed by atoms with van der Waals surface area (Å²) in [5.41, 5.74) is 0. The van der Waals surface area contributed by atoms with Gasteiger partial charge in [-0.05, 0) is 36.8 Å². The number of sulfonamides is 1. The fourth-order valence-corrected chi connectivity index (χ4v) is 4.37. The van der Waals surface area contributed by atoms with Gasteiger partial charge in [0, 0.05) is 19.6 Å². The quantitative estimate of drug-likeness (QED) is 0.898. The lowest BCUT2D eigenvalue weighted by molar-refractivity contribution is 0.187. The third-order valence-corrected chi connectivity index (χ3v) is 6.08. The van der Waals surface area contributed by atoms with E-state index in [-0.39, 0.29) is 0 Å². The van der Waals surface area contributed by atoms with E-state index in [1.165, 1.54) is 24.2 Å². The van der Waals surface area contributed by atoms with Crippen LogP contribution >= 0.6 is 11.3 Å². The van der Waals surface area contributed by atoms with Crippen molar-refractivity contribution in [2.24, 2.45) is 5.92 Å². The van der Waals surface area contributed by atoms with Crippen LogP contribution in [0.15, 0.2) is 21.7 Å². The number of hydrogen-bond acceptors (Lipinski definition) is 4. The number of nitrogens with zero attached hydrogens (tertiary/aromatic N) is 1. The Labute approximate surface area is 113 Å². The van der Waals surface area contributed by atoms with Gasteiger partial charge in [0.1, 0.15) is 4.21 Å². The van der Waals surface area contributed by atoms with Crippen molar-refractivity contribution in [3.8, 4) is 0 Å². The molecule has 4 nitrogen and oxygen atoms in total. The molecule has 1 N–H and O–H groups in total. The molecule has 18 heavy (non-hydrogen) atoms. The van der Waals surface area contributed by atoms with E-state index >= 15 is 0 Å². The molecule has 2 rings (SSSR count). The molecule has 1 aromatic heterocycles. The van der Waals surface area contributed by atoms with Crippen molar-refractivity contribution in [3.63, 3.8) is 0 Å². The predicted octanol–water partition coefficient (Wildman–Crippen LogP) is 1.76. The van der Waals surface area contributed by atoms with Crippen LogP contribution in [0.1, 0.15) is 19.8 Å². The molecule has 0 bridgehead atoms. The van der Waals surface area contributed by atoms with Crippen molar-refractivity contribution >= 4 is 21.4 Å². The molecule has 0 aromatic carbocycles. The molecule has 1 fully saturated rings. The first kappa shape index (κ1) is 14.0. The molecule has 6 heteroatoms. The Hall–Kier alpha value is -0.430. The van der Waals surface area contributed by atoms with Gasteiger partial charge in [0.15, 0.2) is 0 Å². The van der Waals surface area contributed by atoms with Gasteiger partial charge in [0.05, 0.1) is 0 Å². The second-order valence-corrected chi connectivity index (χ2v) is 7.82. The molecule has 102 valence electrons. The molecule has 0 unspecified atom stereocenters. The number of nitrogens with one attached hydrogen (secondary N) is 1. The zero-order valence-electron chi connectivity index (χ0n) is 10.6. The highest BCUT2D eigenvalue weighted by molar-refractivity contribution is 7.91. The first-order valence-electron chi connectivity index (χ1n) is 6.33. The van der Waals surface area contributed by atoms with Crippen LogP contribution in [-0.4, -0.2) is 39.5 Å². The molecule has 0 saturated carbocycles. The van der Waals surface area contributed by atoms with Crippen molar-refractivity contribution < 1.29 is 8.42 Å². The third kappa shape index (κ3) is 3.78. The summed E-state index contributed by atoms with van der Waals surface area (Å²) < 4.78 is 26.8. The maximum absolute atomic E-state index is 11.9. The van der Waals surface area contributed by atoms with Crippen molar-refractivity contribution in [2.45, 2.75) is 24.0 Å². The summed E-state index contributed by atoms with van der Waals surface area (Å²) in [6.07, 6.45) is 2.51. The van der Waals surface area contributed by atoms with Crippen LogP contribution in [0, 0.1) is 5.92 Å². The summed E-state index contributed by atoms with van der Waals surface area (Å²) in [7, 11) is -3.29. The summed E-state index contributed by atoms with van der Waals surface area (Å²) in [6.45, 7) is 5.72. The third-order valence-electron chi connectivity index (χ3n) is 3.22. The summed E-state index contributed by atoms with van der Waals surface area (Å²) >= 11 is 1.25. The molecule has 1 saturated heterocycles. The minimum absolute atomic E-state index is 0.398. The molecule has 1 aromatic rings. The first-order chi connectivity index (χ1) is 8.58. The second-order valence-electron chi connectivity index (χ2n) is 4.88. The molecule has 1 aliphatic heterocycles. The van der Waals surface area contributed by atoms with Crippen molar-refractivity contribution in [1.29, 1.82) is 0 Å². The first-order valence-corrected chi connectivity index (χ1v) is 8.70. The number of thiophene rings is 1. The lowest BCUT2D eigenvalue weighted by atomic mass is 10.0. The smallest absolute Gasteiger partial charge is 0.250 e. The van der Waals surface area contributed by atoms with Gasteiger partial charge in [-0.25, -0.2) is 13.1 Å². The zero-order chi connectivity index (χ0) is 13.0. The minimum atomic E-state index is -3.29. The van der Waals surface area contributed by atoms with E-state index in [1.807, 2.05) is 0 Å². The fourth-order valence-electron chi connectivity index (χ4n) is 2.32. The summed E-state index contributed by atoms with van der Waals surface area (Å²) in [5, 5.41) is 1.78. The Bertz CT molecular complexity index is 456. The Kier molecular flexibility index (Phi) is 4.77. The monoisotopic (exact) mass is 288 g/mol. The molecule has 0 aliphatic carbocycles. The minimum Gasteiger partial charge on any atom is -0.302 e. The van der Waals surface area contributed by atoms with Gasteiger partial charge >= 0.3 is 0 Å². The molecule has 0 spiro atoms. The molecule has 0 amide bonds. The van der Waals surface area contributed by atoms with E-state index in [0.717, 1.165) is 25.6 Å². The van der Waals surface area contributed by atoms with Crippen LogP contribution in [0.25, 0.3) is 0 Å². The van der Waals surface area contributed by atoms with Gasteiger partial charge in [0.25, 0.3) is 0 Å². The van der Waals surface area contributed by atoms with Crippen molar-refractivity contribution in [3.05, 3.63) is 17.5 Å². The number of hydrogen-bond donors (Lipinski definition) is 1. The molecular weight excluding hydrogens is 268 g/mol. The van der Waals surface area contributed by atoms with Crippen LogP contribution in [0.5, 0.6) is 0 Å². The highest BCUT2D eigenvalue weighted by Crippen LogP contribution is 2.16. The topological polar surface area (TPSA) is 49.4 Å². The molecule has 1 atom stereocenters. The normalized spacial score (nSPS) is 22.2. The van der Waals surface area contributed by atoms with Gasteiger partial charge in [0.2, 0.25) is 10.0 Å². The molecule has 1 aliphatic rings. The lowest BCUT2D eigenvalue weighted by Crippen LogP contribution is -2.39. The van der Waals surface area contributed by atoms with E-state index in [9.17, 15) is 8.42 Å². The maximum atomic E-state index is 11.9. The average Bonchev–Trinajstić information content (AvgIpc) is 2.83. The lowest BCUT2D eigenvalue weighted by Gasteiger charge is -2.30. The standard InChI is InChI=1S/C12H20N2O2S2/c1-11-4-2-7-14(10-11)8-6-13-18(15,16)12-5-3-9-17-12/h3,5,9,11,13H,2,4,6-8,10H2,1H3/t11-/m0/s1. The Morgan fingerprint density at radius 1 is 1.56 bits per heavy atom. The number of piperidine rings is 1. The van der Waals surface area contributed by atoms with Crippen LogP contribution in [-0.2, 0) is 10.0 Å². The Balaban J connectivity index is 1.78. The van der Waals surface area contributed by atoms with E-state index in [4.69, 9.17) is 0 Å². The van der Waals surface area contributed by atoms with E-state index in [0.29, 0.717) is 10.8 Å². The van der Waals surface area contributed by atoms with Gasteiger partial charge in [-0.3, -0.25) is 0 Å². The van der Waals surface area contributed by atoms with Gasteiger partial charge in [-0.2, -0.15) is 0 Å².